The number of pyridine rings is 1. The van der Waals surface area contributed by atoms with Gasteiger partial charge in [-0.3, -0.25) is 9.59 Å². The SMILES string of the molecule is C[n+]1ccc(-c2csc(SC3(C(=O)O)CS[C@@H]4C(N)C(=O)N4C3)n2)cc1. The number of thioether (sulfide) groups is 2. The molecule has 4 rings (SSSR count). The van der Waals surface area contributed by atoms with Crippen molar-refractivity contribution in [1.29, 1.82) is 0 Å². The lowest BCUT2D eigenvalue weighted by Crippen LogP contribution is -2.73. The summed E-state index contributed by atoms with van der Waals surface area (Å²) >= 11 is 4.09. The highest BCUT2D eigenvalue weighted by Crippen LogP contribution is 2.46. The Balaban J connectivity index is 1.56. The molecular weight excluding hydrogens is 392 g/mol. The first kappa shape index (κ1) is 17.8. The third kappa shape index (κ3) is 2.90. The molecule has 26 heavy (non-hydrogen) atoms. The smallest absolute Gasteiger partial charge is 0.322 e. The predicted octanol–water partition coefficient (Wildman–Crippen LogP) is 0.792. The number of carbonyl (C=O) groups is 2. The van der Waals surface area contributed by atoms with Crippen molar-refractivity contribution in [3.8, 4) is 11.3 Å². The molecule has 0 aliphatic carbocycles. The van der Waals surface area contributed by atoms with E-state index in [9.17, 15) is 14.7 Å². The van der Waals surface area contributed by atoms with Crippen LogP contribution in [0.1, 0.15) is 0 Å². The van der Waals surface area contributed by atoms with Crippen LogP contribution >= 0.6 is 34.9 Å². The van der Waals surface area contributed by atoms with Crippen molar-refractivity contribution in [3.63, 3.8) is 0 Å². The number of hydrogen-bond acceptors (Lipinski definition) is 7. The second-order valence-corrected chi connectivity index (χ2v) is 9.94. The summed E-state index contributed by atoms with van der Waals surface area (Å²) in [5.41, 5.74) is 7.60. The van der Waals surface area contributed by atoms with E-state index in [1.54, 1.807) is 4.90 Å². The van der Waals surface area contributed by atoms with Gasteiger partial charge in [-0.25, -0.2) is 9.55 Å². The molecule has 4 heterocycles. The van der Waals surface area contributed by atoms with Crippen LogP contribution in [0.15, 0.2) is 34.2 Å². The van der Waals surface area contributed by atoms with Crippen LogP contribution in [-0.2, 0) is 16.6 Å². The fraction of sp³-hybridized carbons (Fsp3) is 0.375. The third-order valence-corrected chi connectivity index (χ3v) is 8.53. The van der Waals surface area contributed by atoms with Crippen LogP contribution in [0.3, 0.4) is 0 Å². The largest absolute Gasteiger partial charge is 0.480 e. The maximum absolute atomic E-state index is 12.0. The summed E-state index contributed by atoms with van der Waals surface area (Å²) in [5.74, 6) is -0.707. The van der Waals surface area contributed by atoms with Gasteiger partial charge in [0.1, 0.15) is 23.2 Å². The van der Waals surface area contributed by atoms with Gasteiger partial charge in [-0.15, -0.1) is 23.1 Å². The number of thiazole rings is 1. The number of amides is 1. The van der Waals surface area contributed by atoms with E-state index in [-0.39, 0.29) is 17.8 Å². The summed E-state index contributed by atoms with van der Waals surface area (Å²) in [6, 6.07) is 3.43. The van der Waals surface area contributed by atoms with E-state index in [1.165, 1.54) is 34.9 Å². The van der Waals surface area contributed by atoms with Gasteiger partial charge < -0.3 is 15.7 Å². The van der Waals surface area contributed by atoms with E-state index in [0.29, 0.717) is 10.1 Å². The normalized spacial score (nSPS) is 27.8. The summed E-state index contributed by atoms with van der Waals surface area (Å²) in [6.45, 7) is 0.160. The molecule has 2 aromatic rings. The zero-order chi connectivity index (χ0) is 18.5. The number of aliphatic carboxylic acids is 1. The number of carboxylic acid groups (broad SMARTS) is 1. The number of hydrogen-bond donors (Lipinski definition) is 2. The highest BCUT2D eigenvalue weighted by molar-refractivity contribution is 8.06. The Labute approximate surface area is 162 Å². The maximum atomic E-state index is 12.0. The van der Waals surface area contributed by atoms with Crippen molar-refractivity contribution >= 4 is 46.7 Å². The van der Waals surface area contributed by atoms with Gasteiger partial charge in [0.05, 0.1) is 5.69 Å². The first-order valence-corrected chi connectivity index (χ1v) is 10.7. The Kier molecular flexibility index (Phi) is 4.46. The van der Waals surface area contributed by atoms with Crippen molar-refractivity contribution in [3.05, 3.63) is 29.9 Å². The van der Waals surface area contributed by atoms with Crippen molar-refractivity contribution in [2.24, 2.45) is 12.8 Å². The minimum atomic E-state index is -1.10. The van der Waals surface area contributed by atoms with Gasteiger partial charge in [-0.1, -0.05) is 11.8 Å². The minimum Gasteiger partial charge on any atom is -0.480 e. The van der Waals surface area contributed by atoms with Crippen LogP contribution in [0.5, 0.6) is 0 Å². The molecule has 2 fully saturated rings. The van der Waals surface area contributed by atoms with Crippen LogP contribution in [0, 0.1) is 0 Å². The third-order valence-electron chi connectivity index (χ3n) is 4.53. The number of β-lactam (4-membered cyclic amide) rings is 1. The number of carboxylic acids is 1. The first-order valence-electron chi connectivity index (χ1n) is 7.91. The fourth-order valence-corrected chi connectivity index (χ4v) is 6.88. The van der Waals surface area contributed by atoms with Gasteiger partial charge in [0.25, 0.3) is 0 Å². The van der Waals surface area contributed by atoms with Gasteiger partial charge in [-0.05, 0) is 0 Å². The number of aromatic nitrogens is 2. The van der Waals surface area contributed by atoms with E-state index < -0.39 is 16.8 Å². The van der Waals surface area contributed by atoms with Crippen molar-refractivity contribution in [2.45, 2.75) is 20.5 Å². The molecule has 0 aromatic carbocycles. The number of rotatable bonds is 4. The number of nitrogens with two attached hydrogens (primary N) is 1. The van der Waals surface area contributed by atoms with Gasteiger partial charge in [0.2, 0.25) is 5.91 Å². The fourth-order valence-electron chi connectivity index (χ4n) is 2.96. The molecule has 136 valence electrons. The molecule has 2 unspecified atom stereocenters. The van der Waals surface area contributed by atoms with Crippen LogP contribution in [0.2, 0.25) is 0 Å². The number of nitrogens with zero attached hydrogens (tertiary/aromatic N) is 3. The summed E-state index contributed by atoms with van der Waals surface area (Å²) in [5, 5.41) is 11.7. The molecule has 3 atom stereocenters. The highest BCUT2D eigenvalue weighted by Gasteiger charge is 2.56. The highest BCUT2D eigenvalue weighted by atomic mass is 32.2. The number of carbonyl (C=O) groups excluding carboxylic acids is 1. The topological polar surface area (TPSA) is 100 Å². The summed E-state index contributed by atoms with van der Waals surface area (Å²) < 4.78 is 1.52. The van der Waals surface area contributed by atoms with E-state index in [4.69, 9.17) is 5.73 Å². The van der Waals surface area contributed by atoms with Gasteiger partial charge in [-0.2, -0.15) is 0 Å². The molecule has 2 aliphatic rings. The average Bonchev–Trinajstić information content (AvgIpc) is 3.09. The summed E-state index contributed by atoms with van der Waals surface area (Å²) in [7, 11) is 1.94. The molecular formula is C16H17N4O3S3+. The Morgan fingerprint density at radius 2 is 2.23 bits per heavy atom. The molecule has 2 saturated heterocycles. The molecule has 0 bridgehead atoms. The Morgan fingerprint density at radius 1 is 1.50 bits per heavy atom. The Morgan fingerprint density at radius 3 is 2.92 bits per heavy atom. The molecule has 1 amide bonds. The Bertz CT molecular complexity index is 872. The molecule has 10 heteroatoms. The zero-order valence-electron chi connectivity index (χ0n) is 13.9. The molecule has 2 aromatic heterocycles. The van der Waals surface area contributed by atoms with Crippen molar-refractivity contribution in [1.82, 2.24) is 9.88 Å². The monoisotopic (exact) mass is 409 g/mol. The lowest BCUT2D eigenvalue weighted by molar-refractivity contribution is -0.671. The lowest BCUT2D eigenvalue weighted by Gasteiger charge is -2.52. The molecule has 7 nitrogen and oxygen atoms in total. The predicted molar refractivity (Wildman–Crippen MR) is 101 cm³/mol. The maximum Gasteiger partial charge on any atom is 0.322 e. The summed E-state index contributed by atoms with van der Waals surface area (Å²) in [6.07, 6.45) is 3.88. The summed E-state index contributed by atoms with van der Waals surface area (Å²) in [4.78, 5) is 30.2. The lowest BCUT2D eigenvalue weighted by atomic mass is 10.0. The van der Waals surface area contributed by atoms with E-state index >= 15 is 0 Å². The second-order valence-electron chi connectivity index (χ2n) is 6.35. The molecule has 0 saturated carbocycles. The van der Waals surface area contributed by atoms with Crippen molar-refractivity contribution < 1.29 is 19.3 Å². The minimum absolute atomic E-state index is 0.104. The van der Waals surface area contributed by atoms with Gasteiger partial charge in [0.15, 0.2) is 16.7 Å². The Hall–Kier alpha value is -1.62. The van der Waals surface area contributed by atoms with E-state index in [0.717, 1.165) is 11.3 Å². The van der Waals surface area contributed by atoms with Crippen LogP contribution < -0.4 is 10.3 Å². The van der Waals surface area contributed by atoms with E-state index in [1.807, 2.05) is 41.5 Å². The van der Waals surface area contributed by atoms with Gasteiger partial charge in [0, 0.05) is 35.4 Å². The molecule has 3 N–H and O–H groups in total. The quantitative estimate of drug-likeness (QED) is 0.569. The van der Waals surface area contributed by atoms with E-state index in [2.05, 4.69) is 4.98 Å². The van der Waals surface area contributed by atoms with Crippen LogP contribution in [-0.4, -0.2) is 55.3 Å². The van der Waals surface area contributed by atoms with Crippen LogP contribution in [0.4, 0.5) is 0 Å². The first-order chi connectivity index (χ1) is 12.4. The molecule has 0 radical (unpaired) electrons. The molecule has 0 spiro atoms. The standard InChI is InChI=1S/C16H16N4O3S3/c1-19-4-2-9(3-5-19)10-6-24-15(18-10)26-16(14(22)23)7-20-12(21)11(17)13(20)25-8-16/h2-6,11,13H,7-8,17H2,1H3/p+1/t11?,13-,16?/m1/s1. The van der Waals surface area contributed by atoms with Gasteiger partial charge >= 0.3 is 5.97 Å². The van der Waals surface area contributed by atoms with Crippen LogP contribution in [0.25, 0.3) is 11.3 Å². The zero-order valence-corrected chi connectivity index (χ0v) is 16.3. The molecule has 2 aliphatic heterocycles. The number of aryl methyl sites for hydroxylation is 1. The van der Waals surface area contributed by atoms with Crippen molar-refractivity contribution in [2.75, 3.05) is 12.3 Å². The second kappa shape index (κ2) is 6.52. The number of fused-ring (bicyclic) bond motifs is 1. The average molecular weight is 410 g/mol.